The summed E-state index contributed by atoms with van der Waals surface area (Å²) in [4.78, 5) is 26.2. The molecule has 7 nitrogen and oxygen atoms in total. The predicted molar refractivity (Wildman–Crippen MR) is 82.4 cm³/mol. The van der Waals surface area contributed by atoms with Crippen LogP contribution in [0.2, 0.25) is 0 Å². The Morgan fingerprint density at radius 1 is 1.23 bits per heavy atom. The summed E-state index contributed by atoms with van der Waals surface area (Å²) in [5.41, 5.74) is 1.78. The van der Waals surface area contributed by atoms with Crippen molar-refractivity contribution in [3.8, 4) is 0 Å². The number of carbonyl (C=O) groups is 1. The molecule has 2 heterocycles. The van der Waals surface area contributed by atoms with Crippen LogP contribution in [0, 0.1) is 13.8 Å². The van der Waals surface area contributed by atoms with Gasteiger partial charge < -0.3 is 0 Å². The summed E-state index contributed by atoms with van der Waals surface area (Å²) in [6.45, 7) is 3.57. The van der Waals surface area contributed by atoms with Gasteiger partial charge in [-0.25, -0.2) is 0 Å². The van der Waals surface area contributed by atoms with Crippen LogP contribution in [0.25, 0.3) is 5.78 Å². The Hall–Kier alpha value is -2.48. The number of fused-ring (bicyclic) bond motifs is 1. The van der Waals surface area contributed by atoms with E-state index in [0.29, 0.717) is 16.4 Å². The third-order valence-electron chi connectivity index (χ3n) is 3.12. The number of carbonyl (C=O) groups excluding carboxylic acids is 1. The van der Waals surface area contributed by atoms with E-state index in [1.165, 1.54) is 16.3 Å². The van der Waals surface area contributed by atoms with E-state index in [9.17, 15) is 9.59 Å². The van der Waals surface area contributed by atoms with Gasteiger partial charge in [-0.1, -0.05) is 41.6 Å². The third-order valence-corrected chi connectivity index (χ3v) is 4.04. The van der Waals surface area contributed by atoms with Crippen molar-refractivity contribution in [2.24, 2.45) is 0 Å². The Bertz CT molecular complexity index is 898. The lowest BCUT2D eigenvalue weighted by atomic mass is 10.1. The first kappa shape index (κ1) is 14.5. The van der Waals surface area contributed by atoms with Gasteiger partial charge in [-0.15, -0.1) is 10.2 Å². The maximum Gasteiger partial charge on any atom is 0.273 e. The second-order valence-electron chi connectivity index (χ2n) is 4.84. The quantitative estimate of drug-likeness (QED) is 0.578. The first-order chi connectivity index (χ1) is 10.5. The number of aryl methyl sites for hydroxylation is 2. The van der Waals surface area contributed by atoms with Crippen LogP contribution in [0.3, 0.4) is 0 Å². The van der Waals surface area contributed by atoms with Crippen LogP contribution < -0.4 is 5.56 Å². The number of aromatic nitrogens is 5. The zero-order valence-electron chi connectivity index (χ0n) is 12.0. The van der Waals surface area contributed by atoms with Gasteiger partial charge in [0.15, 0.2) is 5.78 Å². The molecule has 8 heteroatoms. The monoisotopic (exact) mass is 315 g/mol. The molecule has 3 rings (SSSR count). The third kappa shape index (κ3) is 2.77. The summed E-state index contributed by atoms with van der Waals surface area (Å²) in [5, 5.41) is 12.4. The summed E-state index contributed by atoms with van der Waals surface area (Å²) in [6.07, 6.45) is 0. The maximum atomic E-state index is 12.2. The van der Waals surface area contributed by atoms with Crippen molar-refractivity contribution in [1.82, 2.24) is 24.8 Å². The van der Waals surface area contributed by atoms with Crippen LogP contribution in [0.15, 0.2) is 34.2 Å². The minimum atomic E-state index is -0.299. The van der Waals surface area contributed by atoms with Gasteiger partial charge in [-0.2, -0.15) is 9.61 Å². The van der Waals surface area contributed by atoms with Gasteiger partial charge >= 0.3 is 0 Å². The first-order valence-corrected chi connectivity index (χ1v) is 7.58. The minimum absolute atomic E-state index is 0.00268. The van der Waals surface area contributed by atoms with E-state index in [4.69, 9.17) is 0 Å². The number of ketones is 1. The van der Waals surface area contributed by atoms with Gasteiger partial charge in [-0.3, -0.25) is 14.6 Å². The SMILES string of the molecule is Cc1ccc(C(=O)CSc2nnc3[nH]c(=O)c(C)nn23)cc1. The summed E-state index contributed by atoms with van der Waals surface area (Å²) in [6, 6.07) is 7.42. The van der Waals surface area contributed by atoms with Crippen LogP contribution in [0.4, 0.5) is 0 Å². The average Bonchev–Trinajstić information content (AvgIpc) is 2.88. The van der Waals surface area contributed by atoms with E-state index in [1.807, 2.05) is 19.1 Å². The standard InChI is InChI=1S/C14H13N5O2S/c1-8-3-5-10(6-4-8)11(20)7-22-14-17-16-13-15-12(21)9(2)18-19(13)14/h3-6H,7H2,1-2H3,(H,15,16,21). The minimum Gasteiger partial charge on any atom is -0.293 e. The van der Waals surface area contributed by atoms with Crippen LogP contribution in [0.5, 0.6) is 0 Å². The average molecular weight is 315 g/mol. The van der Waals surface area contributed by atoms with E-state index >= 15 is 0 Å². The van der Waals surface area contributed by atoms with Crippen molar-refractivity contribution in [2.45, 2.75) is 19.0 Å². The molecule has 112 valence electrons. The zero-order valence-corrected chi connectivity index (χ0v) is 12.8. The van der Waals surface area contributed by atoms with Gasteiger partial charge in [0, 0.05) is 5.56 Å². The molecule has 1 N–H and O–H groups in total. The van der Waals surface area contributed by atoms with Gasteiger partial charge in [-0.05, 0) is 13.8 Å². The summed E-state index contributed by atoms with van der Waals surface area (Å²) < 4.78 is 1.43. The number of hydrogen-bond donors (Lipinski definition) is 1. The molecule has 0 spiro atoms. The Kier molecular flexibility index (Phi) is 3.76. The molecule has 2 aromatic heterocycles. The smallest absolute Gasteiger partial charge is 0.273 e. The van der Waals surface area contributed by atoms with Crippen LogP contribution in [-0.4, -0.2) is 36.3 Å². The fourth-order valence-corrected chi connectivity index (χ4v) is 2.64. The van der Waals surface area contributed by atoms with Crippen molar-refractivity contribution in [2.75, 3.05) is 5.75 Å². The number of Topliss-reactive ketones (excluding diaryl/α,β-unsaturated/α-hetero) is 1. The Balaban J connectivity index is 1.79. The number of H-pyrrole nitrogens is 1. The van der Waals surface area contributed by atoms with Gasteiger partial charge in [0.1, 0.15) is 5.69 Å². The second-order valence-corrected chi connectivity index (χ2v) is 5.78. The molecule has 0 unspecified atom stereocenters. The molecule has 0 radical (unpaired) electrons. The van der Waals surface area contributed by atoms with Crippen LogP contribution >= 0.6 is 11.8 Å². The summed E-state index contributed by atoms with van der Waals surface area (Å²) in [7, 11) is 0. The Morgan fingerprint density at radius 3 is 2.68 bits per heavy atom. The number of aromatic amines is 1. The van der Waals surface area contributed by atoms with Crippen molar-refractivity contribution in [1.29, 1.82) is 0 Å². The first-order valence-electron chi connectivity index (χ1n) is 6.59. The van der Waals surface area contributed by atoms with E-state index in [2.05, 4.69) is 20.3 Å². The fourth-order valence-electron chi connectivity index (χ4n) is 1.86. The van der Waals surface area contributed by atoms with E-state index in [1.54, 1.807) is 19.1 Å². The summed E-state index contributed by atoms with van der Waals surface area (Å²) in [5.74, 6) is 0.493. The molecule has 22 heavy (non-hydrogen) atoms. The van der Waals surface area contributed by atoms with Gasteiger partial charge in [0.05, 0.1) is 5.75 Å². The number of hydrogen-bond acceptors (Lipinski definition) is 6. The molecule has 0 aliphatic carbocycles. The topological polar surface area (TPSA) is 93.0 Å². The molecule has 1 aromatic carbocycles. The van der Waals surface area contributed by atoms with Crippen molar-refractivity contribution < 1.29 is 4.79 Å². The number of benzene rings is 1. The molecule has 0 amide bonds. The lowest BCUT2D eigenvalue weighted by Gasteiger charge is -2.01. The molecule has 0 saturated carbocycles. The maximum absolute atomic E-state index is 12.2. The highest BCUT2D eigenvalue weighted by atomic mass is 32.2. The van der Waals surface area contributed by atoms with E-state index in [0.717, 1.165) is 5.56 Å². The lowest BCUT2D eigenvalue weighted by molar-refractivity contribution is 0.102. The van der Waals surface area contributed by atoms with Crippen molar-refractivity contribution in [3.63, 3.8) is 0 Å². The van der Waals surface area contributed by atoms with Gasteiger partial charge in [0.2, 0.25) is 5.16 Å². The van der Waals surface area contributed by atoms with Crippen molar-refractivity contribution >= 4 is 23.3 Å². The number of rotatable bonds is 4. The van der Waals surface area contributed by atoms with Crippen LogP contribution in [-0.2, 0) is 0 Å². The molecular weight excluding hydrogens is 302 g/mol. The number of thioether (sulfide) groups is 1. The lowest BCUT2D eigenvalue weighted by Crippen LogP contribution is -2.15. The number of nitrogens with zero attached hydrogens (tertiary/aromatic N) is 4. The summed E-state index contributed by atoms with van der Waals surface area (Å²) >= 11 is 1.23. The molecule has 0 bridgehead atoms. The highest BCUT2D eigenvalue weighted by molar-refractivity contribution is 7.99. The Labute approximate surface area is 129 Å². The highest BCUT2D eigenvalue weighted by Gasteiger charge is 2.13. The highest BCUT2D eigenvalue weighted by Crippen LogP contribution is 2.17. The normalized spacial score (nSPS) is 11.0. The largest absolute Gasteiger partial charge is 0.293 e. The predicted octanol–water partition coefficient (Wildman–Crippen LogP) is 1.40. The fraction of sp³-hybridized carbons (Fsp3) is 0.214. The molecule has 0 aliphatic heterocycles. The van der Waals surface area contributed by atoms with Crippen molar-refractivity contribution in [3.05, 3.63) is 51.4 Å². The number of nitrogens with one attached hydrogen (secondary N) is 1. The van der Waals surface area contributed by atoms with Crippen LogP contribution in [0.1, 0.15) is 21.6 Å². The Morgan fingerprint density at radius 2 is 1.95 bits per heavy atom. The molecule has 0 aliphatic rings. The molecule has 0 fully saturated rings. The second kappa shape index (κ2) is 5.72. The molecular formula is C14H13N5O2S. The molecule has 3 aromatic rings. The van der Waals surface area contributed by atoms with E-state index < -0.39 is 0 Å². The van der Waals surface area contributed by atoms with Gasteiger partial charge in [0.25, 0.3) is 11.3 Å². The molecule has 0 saturated heterocycles. The van der Waals surface area contributed by atoms with E-state index in [-0.39, 0.29) is 22.9 Å². The zero-order chi connectivity index (χ0) is 15.7. The molecule has 0 atom stereocenters.